The Labute approximate surface area is 118 Å². The van der Waals surface area contributed by atoms with Gasteiger partial charge in [0.1, 0.15) is 11.0 Å². The minimum atomic E-state index is -4.72. The number of imidazole rings is 1. The molecule has 3 nitrogen and oxygen atoms in total. The maximum Gasteiger partial charge on any atom is 0.453 e. The summed E-state index contributed by atoms with van der Waals surface area (Å²) in [5.41, 5.74) is -0.0338. The van der Waals surface area contributed by atoms with Crippen molar-refractivity contribution in [1.82, 2.24) is 9.71 Å². The summed E-state index contributed by atoms with van der Waals surface area (Å²) >= 11 is 9.34. The minimum Gasteiger partial charge on any atom is -0.426 e. The van der Waals surface area contributed by atoms with Crippen LogP contribution in [0.3, 0.4) is 0 Å². The number of alkyl halides is 3. The van der Waals surface area contributed by atoms with E-state index in [1.54, 1.807) is 0 Å². The number of hydrogen-bond donors (Lipinski definition) is 1. The third-order valence-electron chi connectivity index (χ3n) is 2.01. The maximum atomic E-state index is 12.6. The topological polar surface area (TPSA) is 38.0 Å². The zero-order chi connectivity index (χ0) is 13.0. The fraction of sp³-hybridized carbons (Fsp3) is 0.125. The van der Waals surface area contributed by atoms with Crippen LogP contribution in [-0.4, -0.2) is 14.9 Å². The highest BCUT2D eigenvalue weighted by Crippen LogP contribution is 2.39. The fourth-order valence-corrected chi connectivity index (χ4v) is 3.02. The van der Waals surface area contributed by atoms with Crippen LogP contribution in [0.4, 0.5) is 13.2 Å². The first-order valence-electron chi connectivity index (χ1n) is 4.06. The van der Waals surface area contributed by atoms with E-state index in [0.717, 1.165) is 0 Å². The van der Waals surface area contributed by atoms with Gasteiger partial charge in [-0.25, -0.2) is 4.98 Å². The van der Waals surface area contributed by atoms with Gasteiger partial charge in [0.05, 0.1) is 4.47 Å². The Morgan fingerprint density at radius 3 is 2.29 bits per heavy atom. The molecule has 1 N–H and O–H groups in total. The maximum absolute atomic E-state index is 12.6. The molecule has 0 bridgehead atoms. The lowest BCUT2D eigenvalue weighted by molar-refractivity contribution is -0.153. The molecule has 2 rings (SSSR count). The van der Waals surface area contributed by atoms with Gasteiger partial charge in [0.15, 0.2) is 0 Å². The fourth-order valence-electron chi connectivity index (χ4n) is 1.32. The van der Waals surface area contributed by atoms with E-state index < -0.39 is 12.0 Å². The van der Waals surface area contributed by atoms with Crippen LogP contribution in [0.5, 0.6) is 0 Å². The normalized spacial score (nSPS) is 12.4. The van der Waals surface area contributed by atoms with E-state index in [2.05, 4.69) is 52.8 Å². The summed E-state index contributed by atoms with van der Waals surface area (Å²) < 4.78 is 38.9. The molecule has 1 heterocycles. The molecule has 0 spiro atoms. The molecule has 0 aliphatic carbocycles. The standard InChI is InChI=1S/C8H2Br3F3N2O/c9-2-1-3(10)6-5(4(2)11)15-7(16(6)17)8(12,13)14/h1,17H. The molecule has 17 heavy (non-hydrogen) atoms. The van der Waals surface area contributed by atoms with Gasteiger partial charge in [-0.1, -0.05) is 0 Å². The first kappa shape index (κ1) is 13.2. The van der Waals surface area contributed by atoms with Gasteiger partial charge in [-0.2, -0.15) is 17.9 Å². The number of rotatable bonds is 0. The van der Waals surface area contributed by atoms with E-state index in [0.29, 0.717) is 13.4 Å². The Hall–Kier alpha value is -0.280. The largest absolute Gasteiger partial charge is 0.453 e. The lowest BCUT2D eigenvalue weighted by Gasteiger charge is -2.04. The van der Waals surface area contributed by atoms with Gasteiger partial charge >= 0.3 is 6.18 Å². The summed E-state index contributed by atoms with van der Waals surface area (Å²) in [4.78, 5) is 3.39. The summed E-state index contributed by atoms with van der Waals surface area (Å²) in [6, 6.07) is 1.51. The number of fused-ring (bicyclic) bond motifs is 1. The zero-order valence-electron chi connectivity index (χ0n) is 7.69. The molecule has 0 radical (unpaired) electrons. The molecule has 0 aliphatic rings. The van der Waals surface area contributed by atoms with Crippen molar-refractivity contribution in [3.8, 4) is 0 Å². The van der Waals surface area contributed by atoms with Crippen molar-refractivity contribution >= 4 is 58.8 Å². The Morgan fingerprint density at radius 2 is 1.76 bits per heavy atom. The van der Waals surface area contributed by atoms with Crippen LogP contribution >= 0.6 is 47.8 Å². The van der Waals surface area contributed by atoms with Crippen LogP contribution in [0.1, 0.15) is 5.82 Å². The van der Waals surface area contributed by atoms with Crippen molar-refractivity contribution < 1.29 is 18.4 Å². The third kappa shape index (κ3) is 2.08. The van der Waals surface area contributed by atoms with Crippen molar-refractivity contribution in [1.29, 1.82) is 0 Å². The molecule has 0 saturated carbocycles. The Morgan fingerprint density at radius 1 is 1.18 bits per heavy atom. The molecule has 2 aromatic rings. The molecule has 0 unspecified atom stereocenters. The van der Waals surface area contributed by atoms with Crippen LogP contribution in [0, 0.1) is 0 Å². The minimum absolute atomic E-state index is 0.0149. The van der Waals surface area contributed by atoms with Gasteiger partial charge in [-0.3, -0.25) is 0 Å². The predicted molar refractivity (Wildman–Crippen MR) is 65.0 cm³/mol. The van der Waals surface area contributed by atoms with Crippen molar-refractivity contribution in [2.75, 3.05) is 0 Å². The lowest BCUT2D eigenvalue weighted by atomic mass is 10.3. The summed E-state index contributed by atoms with van der Waals surface area (Å²) in [5, 5.41) is 9.49. The number of nitrogens with zero attached hydrogens (tertiary/aromatic N) is 2. The summed E-state index contributed by atoms with van der Waals surface area (Å²) in [6.07, 6.45) is -4.72. The Kier molecular flexibility index (Phi) is 3.20. The highest BCUT2D eigenvalue weighted by molar-refractivity contribution is 9.13. The van der Waals surface area contributed by atoms with Crippen molar-refractivity contribution in [3.05, 3.63) is 25.3 Å². The Balaban J connectivity index is 2.92. The van der Waals surface area contributed by atoms with E-state index >= 15 is 0 Å². The smallest absolute Gasteiger partial charge is 0.426 e. The van der Waals surface area contributed by atoms with Crippen molar-refractivity contribution in [2.45, 2.75) is 6.18 Å². The number of halogens is 6. The van der Waals surface area contributed by atoms with E-state index in [1.165, 1.54) is 6.07 Å². The zero-order valence-corrected chi connectivity index (χ0v) is 12.4. The summed E-state index contributed by atoms with van der Waals surface area (Å²) in [5.74, 6) is -1.37. The summed E-state index contributed by atoms with van der Waals surface area (Å²) in [7, 11) is 0. The average molecular weight is 439 g/mol. The lowest BCUT2D eigenvalue weighted by Crippen LogP contribution is -2.13. The summed E-state index contributed by atoms with van der Waals surface area (Å²) in [6.45, 7) is 0. The molecule has 0 atom stereocenters. The molecule has 0 amide bonds. The van der Waals surface area contributed by atoms with Gasteiger partial charge in [-0.05, 0) is 53.9 Å². The van der Waals surface area contributed by atoms with Gasteiger partial charge in [0.2, 0.25) is 0 Å². The molecule has 0 fully saturated rings. The molecule has 9 heteroatoms. The molecule has 92 valence electrons. The van der Waals surface area contributed by atoms with E-state index in [4.69, 9.17) is 0 Å². The van der Waals surface area contributed by atoms with Gasteiger partial charge in [0, 0.05) is 8.95 Å². The van der Waals surface area contributed by atoms with Crippen molar-refractivity contribution in [3.63, 3.8) is 0 Å². The van der Waals surface area contributed by atoms with Crippen LogP contribution in [0.25, 0.3) is 11.0 Å². The number of aromatic nitrogens is 2. The van der Waals surface area contributed by atoms with Crippen molar-refractivity contribution in [2.24, 2.45) is 0 Å². The first-order valence-corrected chi connectivity index (χ1v) is 6.43. The van der Waals surface area contributed by atoms with Crippen LogP contribution in [0.15, 0.2) is 19.5 Å². The van der Waals surface area contributed by atoms with E-state index in [1.807, 2.05) is 0 Å². The van der Waals surface area contributed by atoms with Crippen LogP contribution < -0.4 is 0 Å². The van der Waals surface area contributed by atoms with Crippen LogP contribution in [-0.2, 0) is 6.18 Å². The highest BCUT2D eigenvalue weighted by Gasteiger charge is 2.39. The second kappa shape index (κ2) is 4.13. The van der Waals surface area contributed by atoms with Gasteiger partial charge in [-0.15, -0.1) is 0 Å². The van der Waals surface area contributed by atoms with E-state index in [-0.39, 0.29) is 15.8 Å². The molecular formula is C8H2Br3F3N2O. The molecule has 1 aromatic carbocycles. The van der Waals surface area contributed by atoms with E-state index in [9.17, 15) is 18.4 Å². The second-order valence-corrected chi connectivity index (χ2v) is 5.60. The molecule has 0 saturated heterocycles. The highest BCUT2D eigenvalue weighted by atomic mass is 79.9. The SMILES string of the molecule is On1c(C(F)(F)F)nc2c(Br)c(Br)cc(Br)c21. The first-order chi connectivity index (χ1) is 7.73. The third-order valence-corrected chi connectivity index (χ3v) is 4.57. The second-order valence-electron chi connectivity index (χ2n) is 3.10. The molecule has 0 aliphatic heterocycles. The number of hydrogen-bond acceptors (Lipinski definition) is 2. The quantitative estimate of drug-likeness (QED) is 0.483. The molecular weight excluding hydrogens is 437 g/mol. The van der Waals surface area contributed by atoms with Crippen LogP contribution in [0.2, 0.25) is 0 Å². The molecule has 1 aromatic heterocycles. The predicted octanol–water partition coefficient (Wildman–Crippen LogP) is 4.58. The Bertz CT molecular complexity index is 608. The monoisotopic (exact) mass is 436 g/mol. The number of benzene rings is 1. The van der Waals surface area contributed by atoms with Gasteiger partial charge in [0.25, 0.3) is 5.82 Å². The van der Waals surface area contributed by atoms with Gasteiger partial charge < -0.3 is 5.21 Å². The average Bonchev–Trinajstić information content (AvgIpc) is 2.52.